The maximum absolute atomic E-state index is 13.0. The molecule has 0 bridgehead atoms. The van der Waals surface area contributed by atoms with Crippen molar-refractivity contribution in [2.75, 3.05) is 67.1 Å². The van der Waals surface area contributed by atoms with E-state index >= 15 is 0 Å². The van der Waals surface area contributed by atoms with Gasteiger partial charge in [-0.25, -0.2) is 8.51 Å². The molecule has 1 aromatic carbocycles. The van der Waals surface area contributed by atoms with E-state index in [4.69, 9.17) is 9.47 Å². The number of hydrogen-bond donors (Lipinski definition) is 0. The van der Waals surface area contributed by atoms with Gasteiger partial charge in [0.15, 0.2) is 0 Å². The van der Waals surface area contributed by atoms with Crippen LogP contribution in [-0.2, 0) is 25.3 Å². The Kier molecular flexibility index (Phi) is 10.3. The molecular weight excluding hydrogens is 480 g/mol. The lowest BCUT2D eigenvalue weighted by molar-refractivity contribution is -0.138. The van der Waals surface area contributed by atoms with Crippen LogP contribution in [0.5, 0.6) is 5.75 Å². The van der Waals surface area contributed by atoms with Crippen molar-refractivity contribution in [2.45, 2.75) is 57.0 Å². The van der Waals surface area contributed by atoms with Gasteiger partial charge in [-0.3, -0.25) is 14.5 Å². The van der Waals surface area contributed by atoms with Crippen LogP contribution >= 0.6 is 0 Å². The fourth-order valence-electron chi connectivity index (χ4n) is 5.01. The van der Waals surface area contributed by atoms with Crippen molar-refractivity contribution in [3.63, 3.8) is 0 Å². The number of hydrogen-bond acceptors (Lipinski definition) is 6. The Morgan fingerprint density at radius 1 is 1.14 bits per heavy atom. The smallest absolute Gasteiger partial charge is 0.248 e. The maximum atomic E-state index is 13.0. The zero-order chi connectivity index (χ0) is 26.4. The monoisotopic (exact) mass is 522 g/mol. The quantitative estimate of drug-likeness (QED) is 0.413. The minimum atomic E-state index is -1.34. The summed E-state index contributed by atoms with van der Waals surface area (Å²) >= 11 is 0. The molecule has 2 aliphatic rings. The number of benzene rings is 1. The van der Waals surface area contributed by atoms with Crippen molar-refractivity contribution in [2.24, 2.45) is 0 Å². The molecular formula is C26H42N4O5S. The number of likely N-dealkylation sites (tertiary alicyclic amines) is 2. The van der Waals surface area contributed by atoms with Crippen LogP contribution < -0.4 is 4.74 Å². The van der Waals surface area contributed by atoms with Gasteiger partial charge in [-0.15, -0.1) is 0 Å². The molecule has 0 saturated carbocycles. The Balaban J connectivity index is 1.41. The van der Waals surface area contributed by atoms with Crippen LogP contribution in [-0.4, -0.2) is 114 Å². The predicted molar refractivity (Wildman–Crippen MR) is 140 cm³/mol. The van der Waals surface area contributed by atoms with E-state index in [1.54, 1.807) is 30.4 Å². The number of carbonyl (C=O) groups is 2. The van der Waals surface area contributed by atoms with Crippen LogP contribution in [0.1, 0.15) is 37.3 Å². The van der Waals surface area contributed by atoms with Crippen molar-refractivity contribution < 1.29 is 23.3 Å². The first-order valence-electron chi connectivity index (χ1n) is 12.8. The minimum absolute atomic E-state index is 0.00651. The molecule has 0 radical (unpaired) electrons. The first-order chi connectivity index (χ1) is 17.1. The number of methoxy groups -OCH3 is 1. The molecule has 2 fully saturated rings. The second-order valence-corrected chi connectivity index (χ2v) is 11.4. The lowest BCUT2D eigenvalue weighted by atomic mass is 10.1. The molecule has 10 heteroatoms. The van der Waals surface area contributed by atoms with Gasteiger partial charge in [-0.05, 0) is 76.4 Å². The fourth-order valence-corrected chi connectivity index (χ4v) is 6.23. The average molecular weight is 523 g/mol. The lowest BCUT2D eigenvalue weighted by Gasteiger charge is -2.29. The van der Waals surface area contributed by atoms with Crippen molar-refractivity contribution in [3.8, 4) is 5.75 Å². The Labute approximate surface area is 218 Å². The standard InChI is InChI=1S/C26H42N4O5S/c1-19-15-23(34-6)16-20(2)25(19)36(33)27(4)13-14-35-18-24(31)28(5)22-9-12-30(17-22)26(32)21(3)29-10-7-8-11-29/h15-16,21-22H,7-14,17-18H2,1-6H3/t21?,22-,36?/m0/s1. The molecule has 0 aliphatic carbocycles. The summed E-state index contributed by atoms with van der Waals surface area (Å²) in [4.78, 5) is 32.2. The third-order valence-corrected chi connectivity index (χ3v) is 9.11. The van der Waals surface area contributed by atoms with Crippen LogP contribution in [0.3, 0.4) is 0 Å². The van der Waals surface area contributed by atoms with Gasteiger partial charge in [0.2, 0.25) is 11.8 Å². The summed E-state index contributed by atoms with van der Waals surface area (Å²) < 4.78 is 25.7. The molecule has 3 atom stereocenters. The molecule has 2 unspecified atom stereocenters. The summed E-state index contributed by atoms with van der Waals surface area (Å²) in [6, 6.07) is 3.67. The van der Waals surface area contributed by atoms with Gasteiger partial charge in [0.05, 0.1) is 30.7 Å². The first-order valence-corrected chi connectivity index (χ1v) is 13.9. The van der Waals surface area contributed by atoms with E-state index in [1.165, 1.54) is 0 Å². The molecule has 0 spiro atoms. The van der Waals surface area contributed by atoms with Gasteiger partial charge in [0.25, 0.3) is 0 Å². The number of nitrogens with zero attached hydrogens (tertiary/aromatic N) is 4. The molecule has 202 valence electrons. The lowest BCUT2D eigenvalue weighted by Crippen LogP contribution is -2.47. The second-order valence-electron chi connectivity index (χ2n) is 9.89. The van der Waals surface area contributed by atoms with Crippen molar-refractivity contribution in [1.29, 1.82) is 0 Å². The Bertz CT molecular complexity index is 929. The summed E-state index contributed by atoms with van der Waals surface area (Å²) in [5, 5.41) is 0. The highest BCUT2D eigenvalue weighted by Gasteiger charge is 2.35. The van der Waals surface area contributed by atoms with E-state index in [-0.39, 0.29) is 30.5 Å². The van der Waals surface area contributed by atoms with Crippen LogP contribution in [0.4, 0.5) is 0 Å². The topological polar surface area (TPSA) is 82.6 Å². The molecule has 1 aromatic rings. The largest absolute Gasteiger partial charge is 0.497 e. The van der Waals surface area contributed by atoms with Crippen LogP contribution in [0.15, 0.2) is 17.0 Å². The molecule has 36 heavy (non-hydrogen) atoms. The SMILES string of the molecule is COc1cc(C)c(S(=O)N(C)CCOCC(=O)N(C)[C@H]2CCN(C(=O)C(C)N3CCCC3)C2)c(C)c1. The summed E-state index contributed by atoms with van der Waals surface area (Å²) in [7, 11) is 3.84. The molecule has 3 rings (SSSR count). The van der Waals surface area contributed by atoms with E-state index in [2.05, 4.69) is 4.90 Å². The van der Waals surface area contributed by atoms with Gasteiger partial charge >= 0.3 is 0 Å². The van der Waals surface area contributed by atoms with Gasteiger partial charge in [0, 0.05) is 33.7 Å². The van der Waals surface area contributed by atoms with Crippen LogP contribution in [0.2, 0.25) is 0 Å². The average Bonchev–Trinajstić information content (AvgIpc) is 3.57. The molecule has 2 aliphatic heterocycles. The number of likely N-dealkylation sites (N-methyl/N-ethyl adjacent to an activating group) is 2. The number of rotatable bonds is 11. The zero-order valence-corrected chi connectivity index (χ0v) is 23.4. The van der Waals surface area contributed by atoms with Gasteiger partial charge in [-0.2, -0.15) is 0 Å². The van der Waals surface area contributed by atoms with E-state index in [1.807, 2.05) is 37.8 Å². The minimum Gasteiger partial charge on any atom is -0.497 e. The van der Waals surface area contributed by atoms with E-state index < -0.39 is 11.0 Å². The van der Waals surface area contributed by atoms with Crippen LogP contribution in [0, 0.1) is 13.8 Å². The molecule has 9 nitrogen and oxygen atoms in total. The van der Waals surface area contributed by atoms with E-state index in [9.17, 15) is 13.8 Å². The number of carbonyl (C=O) groups excluding carboxylic acids is 2. The summed E-state index contributed by atoms with van der Waals surface area (Å²) in [6.45, 7) is 9.75. The second kappa shape index (κ2) is 13.0. The van der Waals surface area contributed by atoms with Crippen molar-refractivity contribution in [3.05, 3.63) is 23.3 Å². The van der Waals surface area contributed by atoms with Gasteiger partial charge < -0.3 is 19.3 Å². The Hall–Kier alpha value is -2.01. The van der Waals surface area contributed by atoms with Crippen LogP contribution in [0.25, 0.3) is 0 Å². The van der Waals surface area contributed by atoms with Crippen molar-refractivity contribution >= 4 is 22.8 Å². The number of amides is 2. The first kappa shape index (κ1) is 28.6. The maximum Gasteiger partial charge on any atom is 0.248 e. The highest BCUT2D eigenvalue weighted by Crippen LogP contribution is 2.25. The molecule has 2 amide bonds. The Morgan fingerprint density at radius 3 is 2.39 bits per heavy atom. The van der Waals surface area contributed by atoms with Gasteiger partial charge in [0.1, 0.15) is 23.3 Å². The van der Waals surface area contributed by atoms with Crippen molar-refractivity contribution in [1.82, 2.24) is 19.0 Å². The number of ether oxygens (including phenoxy) is 2. The van der Waals surface area contributed by atoms with E-state index in [0.29, 0.717) is 26.2 Å². The number of aryl methyl sites for hydroxylation is 2. The summed E-state index contributed by atoms with van der Waals surface area (Å²) in [6.07, 6.45) is 3.09. The molecule has 0 N–H and O–H groups in total. The third-order valence-electron chi connectivity index (χ3n) is 7.37. The summed E-state index contributed by atoms with van der Waals surface area (Å²) in [5.74, 6) is 0.803. The Morgan fingerprint density at radius 2 is 1.78 bits per heavy atom. The molecule has 2 saturated heterocycles. The predicted octanol–water partition coefficient (Wildman–Crippen LogP) is 1.83. The highest BCUT2D eigenvalue weighted by atomic mass is 32.2. The summed E-state index contributed by atoms with van der Waals surface area (Å²) in [5.41, 5.74) is 1.82. The third kappa shape index (κ3) is 6.85. The zero-order valence-electron chi connectivity index (χ0n) is 22.6. The molecule has 2 heterocycles. The fraction of sp³-hybridized carbons (Fsp3) is 0.692. The van der Waals surface area contributed by atoms with Gasteiger partial charge in [-0.1, -0.05) is 0 Å². The van der Waals surface area contributed by atoms with E-state index in [0.717, 1.165) is 54.1 Å². The molecule has 0 aromatic heterocycles. The highest BCUT2D eigenvalue weighted by molar-refractivity contribution is 7.82. The normalized spacial score (nSPS) is 20.1.